The van der Waals surface area contributed by atoms with Gasteiger partial charge in [-0.2, -0.15) is 0 Å². The second kappa shape index (κ2) is 12.2. The van der Waals surface area contributed by atoms with Gasteiger partial charge in [-0.05, 0) is 63.8 Å². The van der Waals surface area contributed by atoms with Crippen molar-refractivity contribution in [2.45, 2.75) is 76.6 Å². The number of ketones is 1. The number of nitrogens with zero attached hydrogens (tertiary/aromatic N) is 1. The van der Waals surface area contributed by atoms with Crippen molar-refractivity contribution in [2.75, 3.05) is 16.8 Å². The standard InChI is InChI=1S/C29H33F3N4O5/c1-29(2,3)41-28(40)34-18(10-16-11-20(31)21(32)13-19(16)30)12-25(37)23-14-27(39)36(15-26(38)33-17-8-9-17)24-7-5-4-6-22(24)35-23/h4-7,11,13,17-18,23,35H,8-10,12,14-15H2,1-3H3,(H,33,38)(H,34,40). The van der Waals surface area contributed by atoms with Crippen LogP contribution in [0.15, 0.2) is 36.4 Å². The zero-order valence-corrected chi connectivity index (χ0v) is 23.1. The van der Waals surface area contributed by atoms with E-state index < -0.39 is 52.9 Å². The summed E-state index contributed by atoms with van der Waals surface area (Å²) in [7, 11) is 0. The molecule has 2 unspecified atom stereocenters. The van der Waals surface area contributed by atoms with E-state index in [-0.39, 0.29) is 43.3 Å². The number of hydrogen-bond acceptors (Lipinski definition) is 6. The van der Waals surface area contributed by atoms with Crippen molar-refractivity contribution in [3.05, 3.63) is 59.4 Å². The number of carbonyl (C=O) groups excluding carboxylic acids is 4. The Bertz CT molecular complexity index is 1340. The van der Waals surface area contributed by atoms with Gasteiger partial charge < -0.3 is 25.6 Å². The first kappa shape index (κ1) is 29.9. The van der Waals surface area contributed by atoms with Gasteiger partial charge in [0.15, 0.2) is 17.4 Å². The molecular formula is C29H33F3N4O5. The summed E-state index contributed by atoms with van der Waals surface area (Å²) in [4.78, 5) is 53.2. The number of benzene rings is 2. The number of rotatable bonds is 9. The van der Waals surface area contributed by atoms with E-state index in [9.17, 15) is 32.3 Å². The molecule has 1 aliphatic heterocycles. The highest BCUT2D eigenvalue weighted by atomic mass is 19.2. The van der Waals surface area contributed by atoms with E-state index in [0.717, 1.165) is 12.8 Å². The highest BCUT2D eigenvalue weighted by Crippen LogP contribution is 2.31. The molecule has 41 heavy (non-hydrogen) atoms. The van der Waals surface area contributed by atoms with Gasteiger partial charge in [0.2, 0.25) is 11.8 Å². The van der Waals surface area contributed by atoms with E-state index in [1.54, 1.807) is 45.0 Å². The molecule has 2 aromatic rings. The number of fused-ring (bicyclic) bond motifs is 1. The molecule has 2 atom stereocenters. The zero-order valence-electron chi connectivity index (χ0n) is 23.1. The molecule has 2 aliphatic rings. The molecule has 0 saturated heterocycles. The Kier molecular flexibility index (Phi) is 8.89. The Morgan fingerprint density at radius 1 is 1.07 bits per heavy atom. The van der Waals surface area contributed by atoms with E-state index >= 15 is 0 Å². The fraction of sp³-hybridized carbons (Fsp3) is 0.448. The summed E-state index contributed by atoms with van der Waals surface area (Å²) in [6, 6.07) is 5.82. The van der Waals surface area contributed by atoms with Gasteiger partial charge in [-0.15, -0.1) is 0 Å². The van der Waals surface area contributed by atoms with Gasteiger partial charge in [-0.1, -0.05) is 12.1 Å². The Labute approximate surface area is 235 Å². The van der Waals surface area contributed by atoms with Gasteiger partial charge in [0.25, 0.3) is 0 Å². The van der Waals surface area contributed by atoms with Crippen LogP contribution in [0.4, 0.5) is 29.3 Å². The van der Waals surface area contributed by atoms with Crippen LogP contribution >= 0.6 is 0 Å². The predicted molar refractivity (Wildman–Crippen MR) is 145 cm³/mol. The van der Waals surface area contributed by atoms with E-state index in [0.29, 0.717) is 23.5 Å². The number of carbonyl (C=O) groups is 4. The molecule has 3 amide bonds. The summed E-state index contributed by atoms with van der Waals surface area (Å²) in [5.41, 5.74) is -0.230. The van der Waals surface area contributed by atoms with Crippen molar-refractivity contribution < 1.29 is 37.1 Å². The van der Waals surface area contributed by atoms with E-state index in [1.165, 1.54) is 4.90 Å². The molecular weight excluding hydrogens is 541 g/mol. The molecule has 220 valence electrons. The maximum atomic E-state index is 14.5. The fourth-order valence-corrected chi connectivity index (χ4v) is 4.52. The van der Waals surface area contributed by atoms with Crippen LogP contribution in [-0.4, -0.2) is 54.0 Å². The molecule has 4 rings (SSSR count). The van der Waals surface area contributed by atoms with Gasteiger partial charge in [0.05, 0.1) is 23.8 Å². The number of alkyl carbamates (subject to hydrolysis) is 1. The molecule has 0 aromatic heterocycles. The van der Waals surface area contributed by atoms with E-state index in [4.69, 9.17) is 4.74 Å². The number of para-hydroxylation sites is 2. The number of nitrogens with one attached hydrogen (secondary N) is 3. The third-order valence-electron chi connectivity index (χ3n) is 6.56. The Morgan fingerprint density at radius 2 is 1.76 bits per heavy atom. The first-order valence-corrected chi connectivity index (χ1v) is 13.4. The maximum Gasteiger partial charge on any atom is 0.407 e. The van der Waals surface area contributed by atoms with Crippen molar-refractivity contribution in [1.82, 2.24) is 10.6 Å². The molecule has 1 fully saturated rings. The molecule has 12 heteroatoms. The van der Waals surface area contributed by atoms with Crippen LogP contribution in [0.3, 0.4) is 0 Å². The average Bonchev–Trinajstić information content (AvgIpc) is 3.69. The Balaban J connectivity index is 1.54. The Hall–Kier alpha value is -4.09. The molecule has 0 radical (unpaired) electrons. The largest absolute Gasteiger partial charge is 0.444 e. The van der Waals surface area contributed by atoms with Crippen LogP contribution < -0.4 is 20.9 Å². The van der Waals surface area contributed by atoms with Crippen LogP contribution in [0, 0.1) is 17.5 Å². The SMILES string of the molecule is CC(C)(C)OC(=O)NC(CC(=O)C1CC(=O)N(CC(=O)NC2CC2)c2ccccc2N1)Cc1cc(F)c(F)cc1F. The van der Waals surface area contributed by atoms with Crippen LogP contribution in [0.1, 0.15) is 52.0 Å². The lowest BCUT2D eigenvalue weighted by Gasteiger charge is -2.25. The molecule has 3 N–H and O–H groups in total. The molecule has 9 nitrogen and oxygen atoms in total. The zero-order chi connectivity index (χ0) is 29.9. The molecule has 1 saturated carbocycles. The lowest BCUT2D eigenvalue weighted by molar-refractivity contribution is -0.126. The lowest BCUT2D eigenvalue weighted by Crippen LogP contribution is -2.45. The number of halogens is 3. The minimum absolute atomic E-state index is 0.112. The first-order valence-electron chi connectivity index (χ1n) is 13.4. The third kappa shape index (κ3) is 8.21. The van der Waals surface area contributed by atoms with Crippen LogP contribution in [0.2, 0.25) is 0 Å². The minimum Gasteiger partial charge on any atom is -0.444 e. The highest BCUT2D eigenvalue weighted by molar-refractivity contribution is 6.06. The summed E-state index contributed by atoms with van der Waals surface area (Å²) in [5, 5.41) is 8.43. The van der Waals surface area contributed by atoms with Gasteiger partial charge >= 0.3 is 6.09 Å². The summed E-state index contributed by atoms with van der Waals surface area (Å²) in [6.45, 7) is 4.69. The van der Waals surface area contributed by atoms with Gasteiger partial charge in [0.1, 0.15) is 18.0 Å². The summed E-state index contributed by atoms with van der Waals surface area (Å²) in [5.74, 6) is -4.95. The fourth-order valence-electron chi connectivity index (χ4n) is 4.52. The lowest BCUT2D eigenvalue weighted by atomic mass is 9.96. The van der Waals surface area contributed by atoms with Gasteiger partial charge in [0, 0.05) is 24.6 Å². The normalized spacial score (nSPS) is 17.6. The van der Waals surface area contributed by atoms with Gasteiger partial charge in [-0.25, -0.2) is 18.0 Å². The number of ether oxygens (including phenoxy) is 1. The third-order valence-corrected chi connectivity index (χ3v) is 6.56. The second-order valence-electron chi connectivity index (χ2n) is 11.3. The monoisotopic (exact) mass is 574 g/mol. The molecule has 0 spiro atoms. The Morgan fingerprint density at radius 3 is 2.44 bits per heavy atom. The summed E-state index contributed by atoms with van der Waals surface area (Å²) >= 11 is 0. The number of anilines is 2. The van der Waals surface area contributed by atoms with Crippen molar-refractivity contribution in [1.29, 1.82) is 0 Å². The molecule has 1 aliphatic carbocycles. The van der Waals surface area contributed by atoms with E-state index in [2.05, 4.69) is 16.0 Å². The van der Waals surface area contributed by atoms with Crippen molar-refractivity contribution >= 4 is 35.1 Å². The number of hydrogen-bond donors (Lipinski definition) is 3. The first-order chi connectivity index (χ1) is 19.3. The van der Waals surface area contributed by atoms with Crippen LogP contribution in [0.25, 0.3) is 0 Å². The number of Topliss-reactive ketones (excluding diaryl/α,β-unsaturated/α-hetero) is 1. The second-order valence-corrected chi connectivity index (χ2v) is 11.3. The van der Waals surface area contributed by atoms with Crippen molar-refractivity contribution in [2.24, 2.45) is 0 Å². The maximum absolute atomic E-state index is 14.5. The highest BCUT2D eigenvalue weighted by Gasteiger charge is 2.34. The topological polar surface area (TPSA) is 117 Å². The van der Waals surface area contributed by atoms with Gasteiger partial charge in [-0.3, -0.25) is 14.4 Å². The van der Waals surface area contributed by atoms with Crippen molar-refractivity contribution in [3.8, 4) is 0 Å². The van der Waals surface area contributed by atoms with Crippen molar-refractivity contribution in [3.63, 3.8) is 0 Å². The minimum atomic E-state index is -1.37. The summed E-state index contributed by atoms with van der Waals surface area (Å²) < 4.78 is 47.1. The van der Waals surface area contributed by atoms with Crippen LogP contribution in [0.5, 0.6) is 0 Å². The van der Waals surface area contributed by atoms with Crippen LogP contribution in [-0.2, 0) is 25.5 Å². The summed E-state index contributed by atoms with van der Waals surface area (Å²) in [6.07, 6.45) is -0.126. The number of amides is 3. The average molecular weight is 575 g/mol. The molecule has 1 heterocycles. The predicted octanol–water partition coefficient (Wildman–Crippen LogP) is 3.99. The quantitative estimate of drug-likeness (QED) is 0.390. The smallest absolute Gasteiger partial charge is 0.407 e. The molecule has 0 bridgehead atoms. The molecule has 2 aromatic carbocycles. The van der Waals surface area contributed by atoms with E-state index in [1.807, 2.05) is 0 Å².